The van der Waals surface area contributed by atoms with Gasteiger partial charge in [-0.1, -0.05) is 13.8 Å². The second-order valence-electron chi connectivity index (χ2n) is 2.75. The lowest BCUT2D eigenvalue weighted by Crippen LogP contribution is -2.34. The lowest BCUT2D eigenvalue weighted by molar-refractivity contribution is -0.119. The van der Waals surface area contributed by atoms with Crippen molar-refractivity contribution in [2.75, 3.05) is 0 Å². The van der Waals surface area contributed by atoms with E-state index in [1.54, 1.807) is 0 Å². The zero-order valence-electron chi connectivity index (χ0n) is 5.77. The van der Waals surface area contributed by atoms with Crippen LogP contribution in [0.15, 0.2) is 0 Å². The Balaban J connectivity index is 2.39. The molecule has 1 rings (SSSR count). The molecule has 1 amide bonds. The Labute approximate surface area is 54.8 Å². The minimum absolute atomic E-state index is 0.105. The van der Waals surface area contributed by atoms with E-state index < -0.39 is 0 Å². The maximum absolute atomic E-state index is 10.6. The first-order valence-corrected chi connectivity index (χ1v) is 3.24. The highest BCUT2D eigenvalue weighted by molar-refractivity contribution is 5.77. The number of carbonyl (C=O) groups excluding carboxylic acids is 1. The zero-order valence-corrected chi connectivity index (χ0v) is 5.77. The van der Waals surface area contributed by atoms with Crippen molar-refractivity contribution in [2.24, 2.45) is 5.92 Å². The SMILES string of the molecule is CC(C)[C@@H]1CC(=O)NN1. The van der Waals surface area contributed by atoms with Crippen LogP contribution in [-0.4, -0.2) is 11.9 Å². The van der Waals surface area contributed by atoms with E-state index in [0.717, 1.165) is 0 Å². The monoisotopic (exact) mass is 128 g/mol. The van der Waals surface area contributed by atoms with E-state index in [2.05, 4.69) is 24.7 Å². The Morgan fingerprint density at radius 1 is 1.67 bits per heavy atom. The van der Waals surface area contributed by atoms with Gasteiger partial charge < -0.3 is 0 Å². The Hall–Kier alpha value is -0.570. The molecule has 1 atom stereocenters. The van der Waals surface area contributed by atoms with Gasteiger partial charge >= 0.3 is 0 Å². The predicted molar refractivity (Wildman–Crippen MR) is 34.5 cm³/mol. The molecule has 0 bridgehead atoms. The topological polar surface area (TPSA) is 41.1 Å². The Kier molecular flexibility index (Phi) is 1.71. The number of nitrogens with one attached hydrogen (secondary N) is 2. The number of hydrazine groups is 1. The number of hydrogen-bond acceptors (Lipinski definition) is 2. The fourth-order valence-electron chi connectivity index (χ4n) is 0.877. The van der Waals surface area contributed by atoms with E-state index in [9.17, 15) is 4.79 Å². The van der Waals surface area contributed by atoms with E-state index in [1.807, 2.05) is 0 Å². The van der Waals surface area contributed by atoms with Gasteiger partial charge in [-0.15, -0.1) is 0 Å². The van der Waals surface area contributed by atoms with Crippen molar-refractivity contribution in [2.45, 2.75) is 26.3 Å². The number of rotatable bonds is 1. The maximum atomic E-state index is 10.6. The third-order valence-corrected chi connectivity index (χ3v) is 1.61. The molecule has 3 nitrogen and oxygen atoms in total. The fraction of sp³-hybridized carbons (Fsp3) is 0.833. The molecule has 1 aliphatic rings. The number of hydrogen-bond donors (Lipinski definition) is 2. The van der Waals surface area contributed by atoms with Crippen LogP contribution < -0.4 is 10.9 Å². The normalized spacial score (nSPS) is 27.0. The number of carbonyl (C=O) groups is 1. The van der Waals surface area contributed by atoms with Gasteiger partial charge in [-0.25, -0.2) is 5.43 Å². The molecular formula is C6H12N2O. The van der Waals surface area contributed by atoms with Crippen LogP contribution in [0.25, 0.3) is 0 Å². The molecule has 0 unspecified atom stereocenters. The summed E-state index contributed by atoms with van der Waals surface area (Å²) in [7, 11) is 0. The predicted octanol–water partition coefficient (Wildman–Crippen LogP) is 0.0355. The molecule has 0 aliphatic carbocycles. The van der Waals surface area contributed by atoms with Crippen molar-refractivity contribution in [3.63, 3.8) is 0 Å². The Bertz CT molecular complexity index is 122. The van der Waals surface area contributed by atoms with E-state index in [-0.39, 0.29) is 5.91 Å². The molecule has 2 N–H and O–H groups in total. The molecule has 1 fully saturated rings. The summed E-state index contributed by atoms with van der Waals surface area (Å²) >= 11 is 0. The summed E-state index contributed by atoms with van der Waals surface area (Å²) in [5, 5.41) is 0. The molecule has 0 aromatic rings. The van der Waals surface area contributed by atoms with Crippen LogP contribution in [0.4, 0.5) is 0 Å². The standard InChI is InChI=1S/C6H12N2O/c1-4(2)5-3-6(9)8-7-5/h4-5,7H,3H2,1-2H3,(H,8,9)/t5-/m0/s1. The van der Waals surface area contributed by atoms with E-state index >= 15 is 0 Å². The smallest absolute Gasteiger partial charge is 0.235 e. The van der Waals surface area contributed by atoms with Crippen molar-refractivity contribution in [1.29, 1.82) is 0 Å². The van der Waals surface area contributed by atoms with Gasteiger partial charge in [-0.2, -0.15) is 0 Å². The molecule has 52 valence electrons. The van der Waals surface area contributed by atoms with Gasteiger partial charge in [0.15, 0.2) is 0 Å². The van der Waals surface area contributed by atoms with E-state index in [0.29, 0.717) is 18.4 Å². The lowest BCUT2D eigenvalue weighted by Gasteiger charge is -2.10. The van der Waals surface area contributed by atoms with Crippen molar-refractivity contribution >= 4 is 5.91 Å². The van der Waals surface area contributed by atoms with Crippen molar-refractivity contribution in [3.8, 4) is 0 Å². The molecule has 1 heterocycles. The minimum Gasteiger partial charge on any atom is -0.291 e. The summed E-state index contributed by atoms with van der Waals surface area (Å²) in [6.45, 7) is 4.19. The third-order valence-electron chi connectivity index (χ3n) is 1.61. The second kappa shape index (κ2) is 2.35. The highest BCUT2D eigenvalue weighted by atomic mass is 16.2. The molecule has 9 heavy (non-hydrogen) atoms. The van der Waals surface area contributed by atoms with Crippen LogP contribution in [0.3, 0.4) is 0 Å². The lowest BCUT2D eigenvalue weighted by atomic mass is 10.0. The van der Waals surface area contributed by atoms with Gasteiger partial charge in [-0.05, 0) is 5.92 Å². The molecule has 0 saturated carbocycles. The first kappa shape index (κ1) is 6.55. The molecule has 0 spiro atoms. The van der Waals surface area contributed by atoms with E-state index in [4.69, 9.17) is 0 Å². The van der Waals surface area contributed by atoms with Crippen molar-refractivity contribution in [1.82, 2.24) is 10.9 Å². The van der Waals surface area contributed by atoms with Gasteiger partial charge in [0.2, 0.25) is 5.91 Å². The van der Waals surface area contributed by atoms with Crippen LogP contribution >= 0.6 is 0 Å². The van der Waals surface area contributed by atoms with Crippen LogP contribution in [0.5, 0.6) is 0 Å². The number of amides is 1. The third kappa shape index (κ3) is 1.42. The summed E-state index contributed by atoms with van der Waals surface area (Å²) in [6, 6.07) is 0.331. The van der Waals surface area contributed by atoms with Crippen molar-refractivity contribution < 1.29 is 4.79 Å². The van der Waals surface area contributed by atoms with Crippen LogP contribution in [-0.2, 0) is 4.79 Å². The quantitative estimate of drug-likeness (QED) is 0.523. The summed E-state index contributed by atoms with van der Waals surface area (Å²) in [5.74, 6) is 0.637. The summed E-state index contributed by atoms with van der Waals surface area (Å²) < 4.78 is 0. The summed E-state index contributed by atoms with van der Waals surface area (Å²) in [4.78, 5) is 10.6. The molecule has 1 saturated heterocycles. The summed E-state index contributed by atoms with van der Waals surface area (Å²) in [6.07, 6.45) is 0.623. The first-order chi connectivity index (χ1) is 4.20. The Morgan fingerprint density at radius 2 is 2.33 bits per heavy atom. The van der Waals surface area contributed by atoms with E-state index in [1.165, 1.54) is 0 Å². The molecular weight excluding hydrogens is 116 g/mol. The zero-order chi connectivity index (χ0) is 6.85. The first-order valence-electron chi connectivity index (χ1n) is 3.24. The van der Waals surface area contributed by atoms with Gasteiger partial charge in [-0.3, -0.25) is 10.2 Å². The highest BCUT2D eigenvalue weighted by Gasteiger charge is 2.22. The largest absolute Gasteiger partial charge is 0.291 e. The second-order valence-corrected chi connectivity index (χ2v) is 2.75. The van der Waals surface area contributed by atoms with Gasteiger partial charge in [0.05, 0.1) is 0 Å². The maximum Gasteiger partial charge on any atom is 0.235 e. The van der Waals surface area contributed by atoms with Crippen molar-refractivity contribution in [3.05, 3.63) is 0 Å². The molecule has 1 aliphatic heterocycles. The van der Waals surface area contributed by atoms with Crippen LogP contribution in [0.2, 0.25) is 0 Å². The minimum atomic E-state index is 0.105. The molecule has 0 radical (unpaired) electrons. The van der Waals surface area contributed by atoms with Gasteiger partial charge in [0.25, 0.3) is 0 Å². The van der Waals surface area contributed by atoms with Crippen LogP contribution in [0.1, 0.15) is 20.3 Å². The van der Waals surface area contributed by atoms with Gasteiger partial charge in [0, 0.05) is 12.5 Å². The fourth-order valence-corrected chi connectivity index (χ4v) is 0.877. The molecule has 0 aromatic carbocycles. The highest BCUT2D eigenvalue weighted by Crippen LogP contribution is 2.07. The average molecular weight is 128 g/mol. The molecule has 0 aromatic heterocycles. The van der Waals surface area contributed by atoms with Gasteiger partial charge in [0.1, 0.15) is 0 Å². The van der Waals surface area contributed by atoms with Crippen LogP contribution in [0, 0.1) is 5.92 Å². The average Bonchev–Trinajstić information content (AvgIpc) is 2.14. The Morgan fingerprint density at radius 3 is 2.56 bits per heavy atom. The molecule has 3 heteroatoms. The summed E-state index contributed by atoms with van der Waals surface area (Å²) in [5.41, 5.74) is 5.47.